The molecule has 1 unspecified atom stereocenters. The lowest BCUT2D eigenvalue weighted by molar-refractivity contribution is -0.384. The molecule has 2 aromatic carbocycles. The molecule has 0 saturated carbocycles. The fourth-order valence-corrected chi connectivity index (χ4v) is 4.75. The zero-order chi connectivity index (χ0) is 23.7. The summed E-state index contributed by atoms with van der Waals surface area (Å²) in [5, 5.41) is 10.9. The van der Waals surface area contributed by atoms with Crippen LogP contribution in [0.2, 0.25) is 0 Å². The van der Waals surface area contributed by atoms with E-state index in [1.54, 1.807) is 32.1 Å². The molecule has 0 fully saturated rings. The second kappa shape index (κ2) is 8.95. The molecule has 0 radical (unpaired) electrons. The van der Waals surface area contributed by atoms with Gasteiger partial charge in [0.15, 0.2) is 4.80 Å². The highest BCUT2D eigenvalue weighted by molar-refractivity contribution is 7.07. The number of carbonyl (C=O) groups excluding carboxylic acids is 1. The second-order valence-electron chi connectivity index (χ2n) is 7.56. The van der Waals surface area contributed by atoms with Gasteiger partial charge >= 0.3 is 5.97 Å². The molecule has 1 aliphatic rings. The Morgan fingerprint density at radius 2 is 1.85 bits per heavy atom. The lowest BCUT2D eigenvalue weighted by atomic mass is 9.95. The van der Waals surface area contributed by atoms with Crippen molar-refractivity contribution >= 4 is 29.1 Å². The average Bonchev–Trinajstić information content (AvgIpc) is 3.08. The van der Waals surface area contributed by atoms with Crippen molar-refractivity contribution in [2.75, 3.05) is 6.61 Å². The zero-order valence-corrected chi connectivity index (χ0v) is 19.1. The van der Waals surface area contributed by atoms with Crippen molar-refractivity contribution in [3.63, 3.8) is 0 Å². The van der Waals surface area contributed by atoms with Gasteiger partial charge < -0.3 is 4.74 Å². The van der Waals surface area contributed by atoms with Gasteiger partial charge in [0.25, 0.3) is 11.2 Å². The molecule has 0 N–H and O–H groups in total. The van der Waals surface area contributed by atoms with Crippen molar-refractivity contribution in [3.05, 3.63) is 106 Å². The number of hydrogen-bond acceptors (Lipinski definition) is 7. The Balaban J connectivity index is 1.90. The number of nitro benzene ring substituents is 1. The highest BCUT2D eigenvalue weighted by atomic mass is 32.1. The third-order valence-electron chi connectivity index (χ3n) is 5.31. The molecule has 3 aromatic rings. The van der Waals surface area contributed by atoms with Gasteiger partial charge in [-0.05, 0) is 50.1 Å². The number of allylic oxidation sites excluding steroid dienone is 1. The van der Waals surface area contributed by atoms with E-state index < -0.39 is 16.9 Å². The molecule has 0 saturated heterocycles. The fourth-order valence-electron chi connectivity index (χ4n) is 3.70. The van der Waals surface area contributed by atoms with Crippen molar-refractivity contribution in [1.82, 2.24) is 4.57 Å². The maximum absolute atomic E-state index is 13.5. The number of nitro groups is 1. The minimum atomic E-state index is -0.667. The van der Waals surface area contributed by atoms with Crippen LogP contribution in [0.3, 0.4) is 0 Å². The van der Waals surface area contributed by atoms with Crippen LogP contribution in [0, 0.1) is 17.0 Å². The summed E-state index contributed by atoms with van der Waals surface area (Å²) in [5.41, 5.74) is 3.00. The number of esters is 1. The van der Waals surface area contributed by atoms with E-state index in [0.717, 1.165) is 11.1 Å². The van der Waals surface area contributed by atoms with Crippen LogP contribution in [0.15, 0.2) is 69.6 Å². The van der Waals surface area contributed by atoms with Crippen LogP contribution in [-0.4, -0.2) is 22.1 Å². The summed E-state index contributed by atoms with van der Waals surface area (Å²) in [6, 6.07) is 12.9. The molecule has 8 nitrogen and oxygen atoms in total. The van der Waals surface area contributed by atoms with Gasteiger partial charge in [0.2, 0.25) is 0 Å². The third-order valence-corrected chi connectivity index (χ3v) is 6.29. The van der Waals surface area contributed by atoms with E-state index in [0.29, 0.717) is 26.2 Å². The van der Waals surface area contributed by atoms with E-state index in [1.807, 2.05) is 31.2 Å². The Morgan fingerprint density at radius 1 is 1.18 bits per heavy atom. The number of carbonyl (C=O) groups is 1. The van der Waals surface area contributed by atoms with E-state index in [2.05, 4.69) is 4.99 Å². The van der Waals surface area contributed by atoms with Crippen molar-refractivity contribution in [2.45, 2.75) is 26.8 Å². The van der Waals surface area contributed by atoms with Gasteiger partial charge in [0.1, 0.15) is 0 Å². The van der Waals surface area contributed by atoms with Crippen molar-refractivity contribution in [3.8, 4) is 0 Å². The highest BCUT2D eigenvalue weighted by Gasteiger charge is 2.33. The molecule has 1 aromatic heterocycles. The minimum absolute atomic E-state index is 0.0253. The molecule has 4 rings (SSSR count). The Morgan fingerprint density at radius 3 is 2.45 bits per heavy atom. The van der Waals surface area contributed by atoms with E-state index >= 15 is 0 Å². The summed E-state index contributed by atoms with van der Waals surface area (Å²) in [7, 11) is 0. The number of non-ortho nitro benzene ring substituents is 1. The zero-order valence-electron chi connectivity index (χ0n) is 18.3. The van der Waals surface area contributed by atoms with E-state index in [4.69, 9.17) is 4.74 Å². The number of ether oxygens (including phenoxy) is 1. The molecule has 0 spiro atoms. The van der Waals surface area contributed by atoms with E-state index in [-0.39, 0.29) is 17.9 Å². The van der Waals surface area contributed by atoms with Crippen LogP contribution in [0.5, 0.6) is 0 Å². The first-order chi connectivity index (χ1) is 15.8. The van der Waals surface area contributed by atoms with Crippen molar-refractivity contribution in [1.29, 1.82) is 0 Å². The first-order valence-electron chi connectivity index (χ1n) is 10.3. The average molecular weight is 464 g/mol. The number of aromatic nitrogens is 1. The summed E-state index contributed by atoms with van der Waals surface area (Å²) in [6.07, 6.45) is 1.67. The molecule has 0 amide bonds. The summed E-state index contributed by atoms with van der Waals surface area (Å²) in [5.74, 6) is -0.506. The van der Waals surface area contributed by atoms with Crippen LogP contribution >= 0.6 is 11.3 Å². The van der Waals surface area contributed by atoms with Crippen LogP contribution in [0.25, 0.3) is 6.08 Å². The molecule has 168 valence electrons. The number of nitrogens with zero attached hydrogens (tertiary/aromatic N) is 3. The first-order valence-corrected chi connectivity index (χ1v) is 11.1. The Hall–Kier alpha value is -3.85. The maximum atomic E-state index is 13.5. The topological polar surface area (TPSA) is 104 Å². The summed E-state index contributed by atoms with van der Waals surface area (Å²) in [6.45, 7) is 5.64. The predicted octanol–water partition coefficient (Wildman–Crippen LogP) is 3.01. The fraction of sp³-hybridized carbons (Fsp3) is 0.208. The molecule has 0 aliphatic carbocycles. The number of rotatable bonds is 5. The SMILES string of the molecule is CCOC(=O)C1=C(C)N=c2s/c(=C\c3ccc([N+](=O)[O-])cc3)c(=O)n2C1c1ccc(C)cc1. The summed E-state index contributed by atoms with van der Waals surface area (Å²) >= 11 is 1.21. The molecule has 9 heteroatoms. The van der Waals surface area contributed by atoms with Gasteiger partial charge in [-0.15, -0.1) is 0 Å². The first kappa shape index (κ1) is 22.3. The molecule has 1 aliphatic heterocycles. The number of benzene rings is 2. The van der Waals surface area contributed by atoms with Crippen molar-refractivity contribution in [2.24, 2.45) is 4.99 Å². The molecule has 2 heterocycles. The maximum Gasteiger partial charge on any atom is 0.338 e. The summed E-state index contributed by atoms with van der Waals surface area (Å²) in [4.78, 5) is 41.8. The minimum Gasteiger partial charge on any atom is -0.463 e. The van der Waals surface area contributed by atoms with Gasteiger partial charge in [-0.25, -0.2) is 9.79 Å². The predicted molar refractivity (Wildman–Crippen MR) is 125 cm³/mol. The summed E-state index contributed by atoms with van der Waals surface area (Å²) < 4.78 is 7.22. The Kier molecular flexibility index (Phi) is 6.06. The van der Waals surface area contributed by atoms with Gasteiger partial charge in [0, 0.05) is 12.1 Å². The van der Waals surface area contributed by atoms with E-state index in [9.17, 15) is 19.7 Å². The Labute approximate surface area is 192 Å². The number of fused-ring (bicyclic) bond motifs is 1. The third kappa shape index (κ3) is 4.27. The van der Waals surface area contributed by atoms with Crippen LogP contribution in [0.1, 0.15) is 36.6 Å². The molecule has 0 bridgehead atoms. The quantitative estimate of drug-likeness (QED) is 0.329. The van der Waals surface area contributed by atoms with Crippen molar-refractivity contribution < 1.29 is 14.5 Å². The monoisotopic (exact) mass is 463 g/mol. The van der Waals surface area contributed by atoms with Gasteiger partial charge in [-0.2, -0.15) is 0 Å². The van der Waals surface area contributed by atoms with Crippen LogP contribution in [-0.2, 0) is 9.53 Å². The number of aryl methyl sites for hydroxylation is 1. The largest absolute Gasteiger partial charge is 0.463 e. The normalized spacial score (nSPS) is 15.7. The highest BCUT2D eigenvalue weighted by Crippen LogP contribution is 2.30. The number of thiazole rings is 1. The van der Waals surface area contributed by atoms with Gasteiger partial charge in [-0.1, -0.05) is 41.2 Å². The lowest BCUT2D eigenvalue weighted by Gasteiger charge is -2.24. The van der Waals surface area contributed by atoms with Crippen LogP contribution in [0.4, 0.5) is 5.69 Å². The molecular weight excluding hydrogens is 442 g/mol. The van der Waals surface area contributed by atoms with E-state index in [1.165, 1.54) is 28.0 Å². The van der Waals surface area contributed by atoms with Gasteiger partial charge in [-0.3, -0.25) is 19.5 Å². The standard InChI is InChI=1S/C24H21N3O5S/c1-4-32-23(29)20-15(3)25-24-26(21(20)17-9-5-14(2)6-10-17)22(28)19(33-24)13-16-7-11-18(12-8-16)27(30)31/h5-13,21H,4H2,1-3H3/b19-13-. The molecular formula is C24H21N3O5S. The van der Waals surface area contributed by atoms with Gasteiger partial charge in [0.05, 0.1) is 33.4 Å². The second-order valence-corrected chi connectivity index (χ2v) is 8.57. The smallest absolute Gasteiger partial charge is 0.338 e. The Bertz CT molecular complexity index is 1450. The number of hydrogen-bond donors (Lipinski definition) is 0. The molecule has 1 atom stereocenters. The lowest BCUT2D eigenvalue weighted by Crippen LogP contribution is -2.39. The molecule has 33 heavy (non-hydrogen) atoms. The van der Waals surface area contributed by atoms with Crippen LogP contribution < -0.4 is 14.9 Å².